The number of carbonyl (C=O) groups is 1. The first-order valence-electron chi connectivity index (χ1n) is 6.97. The topological polar surface area (TPSA) is 47.4 Å². The molecule has 2 heterocycles. The maximum Gasteiger partial charge on any atom is 0.320 e. The van der Waals surface area contributed by atoms with Gasteiger partial charge in [-0.25, -0.2) is 0 Å². The number of rotatable bonds is 3. The Hall–Kier alpha value is -0.880. The van der Waals surface area contributed by atoms with Crippen LogP contribution in [0.5, 0.6) is 0 Å². The normalized spacial score (nSPS) is 18.2. The number of halogens is 1. The highest BCUT2D eigenvalue weighted by molar-refractivity contribution is 9.10. The third-order valence-corrected chi connectivity index (χ3v) is 3.68. The van der Waals surface area contributed by atoms with Gasteiger partial charge in [0, 0.05) is 19.3 Å². The minimum Gasteiger partial charge on any atom is -0.459 e. The lowest BCUT2D eigenvalue weighted by atomic mass is 10.1. The molecular formula is C14H22BrN3O2. The molecule has 1 aliphatic rings. The number of piperidine rings is 1. The highest BCUT2D eigenvalue weighted by atomic mass is 79.9. The van der Waals surface area contributed by atoms with Crippen LogP contribution >= 0.6 is 15.9 Å². The molecular weight excluding hydrogens is 322 g/mol. The zero-order valence-corrected chi connectivity index (χ0v) is 13.9. The quantitative estimate of drug-likeness (QED) is 0.791. The maximum atomic E-state index is 11.8. The molecule has 1 saturated heterocycles. The van der Waals surface area contributed by atoms with E-state index in [1.54, 1.807) is 0 Å². The van der Waals surface area contributed by atoms with E-state index in [1.165, 1.54) is 0 Å². The summed E-state index contributed by atoms with van der Waals surface area (Å²) in [6, 6.07) is 0.427. The van der Waals surface area contributed by atoms with E-state index in [4.69, 9.17) is 4.74 Å². The van der Waals surface area contributed by atoms with Gasteiger partial charge in [0.1, 0.15) is 5.60 Å². The molecule has 0 unspecified atom stereocenters. The van der Waals surface area contributed by atoms with Gasteiger partial charge < -0.3 is 4.74 Å². The first kappa shape index (κ1) is 15.5. The van der Waals surface area contributed by atoms with Gasteiger partial charge in [0.05, 0.1) is 23.3 Å². The van der Waals surface area contributed by atoms with Gasteiger partial charge >= 0.3 is 5.97 Å². The van der Waals surface area contributed by atoms with Gasteiger partial charge in [-0.05, 0) is 49.5 Å². The Morgan fingerprint density at radius 2 is 2.10 bits per heavy atom. The van der Waals surface area contributed by atoms with Gasteiger partial charge in [-0.15, -0.1) is 0 Å². The van der Waals surface area contributed by atoms with E-state index < -0.39 is 5.60 Å². The number of ether oxygens (including phenoxy) is 1. The van der Waals surface area contributed by atoms with Crippen LogP contribution in [0.3, 0.4) is 0 Å². The van der Waals surface area contributed by atoms with E-state index in [9.17, 15) is 4.79 Å². The maximum absolute atomic E-state index is 11.8. The third kappa shape index (κ3) is 4.59. The summed E-state index contributed by atoms with van der Waals surface area (Å²) in [6.07, 6.45) is 5.84. The minimum atomic E-state index is -0.406. The Labute approximate surface area is 128 Å². The van der Waals surface area contributed by atoms with Crippen molar-refractivity contribution < 1.29 is 9.53 Å². The standard InChI is InChI=1S/C14H22BrN3O2/c1-14(2,3)20-13(19)10-17-6-4-12(5-7-17)18-9-11(15)8-16-18/h8-9,12H,4-7,10H2,1-3H3. The molecule has 6 heteroatoms. The van der Waals surface area contributed by atoms with E-state index in [1.807, 2.05) is 37.8 Å². The van der Waals surface area contributed by atoms with E-state index in [2.05, 4.69) is 25.9 Å². The molecule has 0 aliphatic carbocycles. The monoisotopic (exact) mass is 343 g/mol. The Kier molecular flexibility index (Phi) is 4.86. The Morgan fingerprint density at radius 1 is 1.45 bits per heavy atom. The van der Waals surface area contributed by atoms with Crippen LogP contribution in [0, 0.1) is 0 Å². The molecule has 0 N–H and O–H groups in total. The second-order valence-corrected chi connectivity index (χ2v) is 7.15. The highest BCUT2D eigenvalue weighted by Gasteiger charge is 2.24. The van der Waals surface area contributed by atoms with Crippen molar-refractivity contribution in [2.24, 2.45) is 0 Å². The number of esters is 1. The molecule has 112 valence electrons. The summed E-state index contributed by atoms with van der Waals surface area (Å²) >= 11 is 3.42. The number of carbonyl (C=O) groups excluding carboxylic acids is 1. The van der Waals surface area contributed by atoms with Crippen molar-refractivity contribution in [2.45, 2.75) is 45.3 Å². The predicted octanol–water partition coefficient (Wildman–Crippen LogP) is 2.62. The lowest BCUT2D eigenvalue weighted by Gasteiger charge is -2.32. The number of hydrogen-bond donors (Lipinski definition) is 0. The van der Waals surface area contributed by atoms with Crippen LogP contribution in [0.25, 0.3) is 0 Å². The van der Waals surface area contributed by atoms with Gasteiger partial charge in [0.2, 0.25) is 0 Å². The molecule has 0 radical (unpaired) electrons. The summed E-state index contributed by atoms with van der Waals surface area (Å²) in [4.78, 5) is 13.9. The number of hydrogen-bond acceptors (Lipinski definition) is 4. The van der Waals surface area contributed by atoms with Crippen LogP contribution in [0.2, 0.25) is 0 Å². The third-order valence-electron chi connectivity index (χ3n) is 3.27. The summed E-state index contributed by atoms with van der Waals surface area (Å²) in [5.41, 5.74) is -0.406. The van der Waals surface area contributed by atoms with Crippen molar-refractivity contribution in [1.29, 1.82) is 0 Å². The van der Waals surface area contributed by atoms with Gasteiger partial charge in [0.15, 0.2) is 0 Å². The molecule has 20 heavy (non-hydrogen) atoms. The van der Waals surface area contributed by atoms with E-state index in [-0.39, 0.29) is 5.97 Å². The lowest BCUT2D eigenvalue weighted by molar-refractivity contribution is -0.156. The first-order valence-corrected chi connectivity index (χ1v) is 7.77. The second-order valence-electron chi connectivity index (χ2n) is 6.23. The van der Waals surface area contributed by atoms with Crippen molar-refractivity contribution in [3.8, 4) is 0 Å². The van der Waals surface area contributed by atoms with Crippen LogP contribution < -0.4 is 0 Å². The van der Waals surface area contributed by atoms with Crippen LogP contribution in [0.15, 0.2) is 16.9 Å². The van der Waals surface area contributed by atoms with Crippen molar-refractivity contribution >= 4 is 21.9 Å². The number of likely N-dealkylation sites (tertiary alicyclic amines) is 1. The number of aromatic nitrogens is 2. The fourth-order valence-corrected chi connectivity index (χ4v) is 2.71. The zero-order chi connectivity index (χ0) is 14.8. The highest BCUT2D eigenvalue weighted by Crippen LogP contribution is 2.23. The van der Waals surface area contributed by atoms with Gasteiger partial charge in [-0.1, -0.05) is 0 Å². The fraction of sp³-hybridized carbons (Fsp3) is 0.714. The summed E-state index contributed by atoms with van der Waals surface area (Å²) in [7, 11) is 0. The summed E-state index contributed by atoms with van der Waals surface area (Å²) in [5, 5.41) is 4.33. The van der Waals surface area contributed by atoms with Crippen molar-refractivity contribution in [3.63, 3.8) is 0 Å². The summed E-state index contributed by atoms with van der Waals surface area (Å²) in [5.74, 6) is -0.141. The SMILES string of the molecule is CC(C)(C)OC(=O)CN1CCC(n2cc(Br)cn2)CC1. The Bertz CT molecular complexity index is 459. The fourth-order valence-electron chi connectivity index (χ4n) is 2.41. The molecule has 0 amide bonds. The van der Waals surface area contributed by atoms with Crippen molar-refractivity contribution in [3.05, 3.63) is 16.9 Å². The molecule has 1 aliphatic heterocycles. The van der Waals surface area contributed by atoms with Gasteiger partial charge in [-0.3, -0.25) is 14.4 Å². The summed E-state index contributed by atoms with van der Waals surface area (Å²) in [6.45, 7) is 7.88. The molecule has 1 fully saturated rings. The summed E-state index contributed by atoms with van der Waals surface area (Å²) < 4.78 is 8.37. The smallest absolute Gasteiger partial charge is 0.320 e. The zero-order valence-electron chi connectivity index (χ0n) is 12.3. The Morgan fingerprint density at radius 3 is 2.60 bits per heavy atom. The van der Waals surface area contributed by atoms with Crippen LogP contribution in [0.1, 0.15) is 39.7 Å². The van der Waals surface area contributed by atoms with E-state index in [0.29, 0.717) is 12.6 Å². The molecule has 0 spiro atoms. The average molecular weight is 344 g/mol. The molecule has 0 bridgehead atoms. The molecule has 0 saturated carbocycles. The van der Waals surface area contributed by atoms with E-state index >= 15 is 0 Å². The predicted molar refractivity (Wildman–Crippen MR) is 80.5 cm³/mol. The molecule has 1 aromatic heterocycles. The largest absolute Gasteiger partial charge is 0.459 e. The lowest BCUT2D eigenvalue weighted by Crippen LogP contribution is -2.40. The second kappa shape index (κ2) is 6.26. The molecule has 5 nitrogen and oxygen atoms in total. The van der Waals surface area contributed by atoms with Crippen LogP contribution in [-0.4, -0.2) is 45.9 Å². The molecule has 0 atom stereocenters. The van der Waals surface area contributed by atoms with Crippen LogP contribution in [-0.2, 0) is 9.53 Å². The molecule has 0 aromatic carbocycles. The van der Waals surface area contributed by atoms with Crippen molar-refractivity contribution in [1.82, 2.24) is 14.7 Å². The first-order chi connectivity index (χ1) is 9.33. The van der Waals surface area contributed by atoms with Crippen molar-refractivity contribution in [2.75, 3.05) is 19.6 Å². The molecule has 1 aromatic rings. The number of nitrogens with zero attached hydrogens (tertiary/aromatic N) is 3. The molecule has 2 rings (SSSR count). The van der Waals surface area contributed by atoms with E-state index in [0.717, 1.165) is 30.4 Å². The van der Waals surface area contributed by atoms with Crippen LogP contribution in [0.4, 0.5) is 0 Å². The average Bonchev–Trinajstić information content (AvgIpc) is 2.74. The minimum absolute atomic E-state index is 0.141. The van der Waals surface area contributed by atoms with Gasteiger partial charge in [-0.2, -0.15) is 5.10 Å². The van der Waals surface area contributed by atoms with Gasteiger partial charge in [0.25, 0.3) is 0 Å². The Balaban J connectivity index is 1.78.